The van der Waals surface area contributed by atoms with Gasteiger partial charge in [0.2, 0.25) is 0 Å². The zero-order valence-corrected chi connectivity index (χ0v) is 22.0. The molecule has 1 unspecified atom stereocenters. The van der Waals surface area contributed by atoms with E-state index in [-0.39, 0.29) is 0 Å². The van der Waals surface area contributed by atoms with Gasteiger partial charge in [0.05, 0.1) is 0 Å². The highest BCUT2D eigenvalue weighted by Gasteiger charge is 2.08. The Balaban J connectivity index is 3.60. The molecule has 0 radical (unpaired) electrons. The Morgan fingerprint density at radius 1 is 0.267 bits per heavy atom. The molecule has 0 aromatic rings. The van der Waals surface area contributed by atoms with Crippen molar-refractivity contribution in [1.82, 2.24) is 0 Å². The van der Waals surface area contributed by atoms with Gasteiger partial charge in [-0.1, -0.05) is 188 Å². The predicted molar refractivity (Wildman–Crippen MR) is 141 cm³/mol. The summed E-state index contributed by atoms with van der Waals surface area (Å²) in [6.45, 7) is 6.96. The average Bonchev–Trinajstić information content (AvgIpc) is 2.76. The van der Waals surface area contributed by atoms with Crippen LogP contribution < -0.4 is 0 Å². The number of unbranched alkanes of at least 4 members (excludes halogenated alkanes) is 20. The van der Waals surface area contributed by atoms with Crippen molar-refractivity contribution >= 4 is 0 Å². The quantitative estimate of drug-likeness (QED) is 0.122. The van der Waals surface area contributed by atoms with Crippen molar-refractivity contribution in [2.45, 2.75) is 188 Å². The Hall–Kier alpha value is 0. The van der Waals surface area contributed by atoms with E-state index < -0.39 is 0 Å². The highest BCUT2D eigenvalue weighted by Crippen LogP contribution is 2.24. The van der Waals surface area contributed by atoms with Gasteiger partial charge < -0.3 is 0 Å². The minimum Gasteiger partial charge on any atom is -0.0654 e. The molecule has 0 aliphatic rings. The van der Waals surface area contributed by atoms with Crippen molar-refractivity contribution < 1.29 is 0 Å². The SMILES string of the molecule is CCCCCCCCCCCCCCCC(CCCCCC)CCCCCCCC. The second-order valence-electron chi connectivity index (χ2n) is 10.3. The van der Waals surface area contributed by atoms with Gasteiger partial charge in [0.1, 0.15) is 0 Å². The maximum atomic E-state index is 2.33. The van der Waals surface area contributed by atoms with E-state index in [2.05, 4.69) is 20.8 Å². The van der Waals surface area contributed by atoms with Crippen molar-refractivity contribution in [2.75, 3.05) is 0 Å². The van der Waals surface area contributed by atoms with Gasteiger partial charge >= 0.3 is 0 Å². The van der Waals surface area contributed by atoms with Crippen LogP contribution in [-0.2, 0) is 0 Å². The van der Waals surface area contributed by atoms with E-state index in [1.165, 1.54) is 167 Å². The highest BCUT2D eigenvalue weighted by molar-refractivity contribution is 4.62. The molecule has 0 aliphatic carbocycles. The number of rotatable bonds is 26. The van der Waals surface area contributed by atoms with Gasteiger partial charge in [-0.25, -0.2) is 0 Å². The Morgan fingerprint density at radius 2 is 0.467 bits per heavy atom. The fourth-order valence-electron chi connectivity index (χ4n) is 4.96. The summed E-state index contributed by atoms with van der Waals surface area (Å²) in [5.74, 6) is 1.04. The zero-order valence-electron chi connectivity index (χ0n) is 22.0. The summed E-state index contributed by atoms with van der Waals surface area (Å²) in [7, 11) is 0. The molecule has 0 rings (SSSR count). The Labute approximate surface area is 193 Å². The molecule has 0 aliphatic heterocycles. The van der Waals surface area contributed by atoms with Gasteiger partial charge in [0.15, 0.2) is 0 Å². The van der Waals surface area contributed by atoms with Gasteiger partial charge in [0.25, 0.3) is 0 Å². The number of hydrogen-bond donors (Lipinski definition) is 0. The fraction of sp³-hybridized carbons (Fsp3) is 1.00. The van der Waals surface area contributed by atoms with Crippen LogP contribution in [0.5, 0.6) is 0 Å². The summed E-state index contributed by atoms with van der Waals surface area (Å²) in [4.78, 5) is 0. The van der Waals surface area contributed by atoms with Crippen LogP contribution >= 0.6 is 0 Å². The molecular weight excluding hydrogens is 360 g/mol. The molecule has 0 aromatic heterocycles. The normalized spacial score (nSPS) is 12.5. The van der Waals surface area contributed by atoms with Gasteiger partial charge in [-0.05, 0) is 5.92 Å². The van der Waals surface area contributed by atoms with Crippen LogP contribution in [0.15, 0.2) is 0 Å². The summed E-state index contributed by atoms with van der Waals surface area (Å²) >= 11 is 0. The van der Waals surface area contributed by atoms with E-state index in [0.29, 0.717) is 0 Å². The molecule has 0 fully saturated rings. The van der Waals surface area contributed by atoms with Crippen LogP contribution in [0.1, 0.15) is 188 Å². The maximum Gasteiger partial charge on any atom is -0.0414 e. The average molecular weight is 423 g/mol. The van der Waals surface area contributed by atoms with E-state index in [1.54, 1.807) is 0 Å². The van der Waals surface area contributed by atoms with E-state index >= 15 is 0 Å². The third-order valence-corrected chi connectivity index (χ3v) is 7.15. The van der Waals surface area contributed by atoms with Crippen molar-refractivity contribution in [3.63, 3.8) is 0 Å². The number of hydrogen-bond acceptors (Lipinski definition) is 0. The first kappa shape index (κ1) is 30.0. The van der Waals surface area contributed by atoms with Gasteiger partial charge in [0, 0.05) is 0 Å². The molecule has 0 bridgehead atoms. The first-order chi connectivity index (χ1) is 14.8. The van der Waals surface area contributed by atoms with Crippen LogP contribution in [0, 0.1) is 5.92 Å². The van der Waals surface area contributed by atoms with Crippen molar-refractivity contribution in [2.24, 2.45) is 5.92 Å². The topological polar surface area (TPSA) is 0 Å². The third-order valence-electron chi connectivity index (χ3n) is 7.15. The molecule has 0 heteroatoms. The molecule has 30 heavy (non-hydrogen) atoms. The molecule has 1 atom stereocenters. The van der Waals surface area contributed by atoms with Crippen molar-refractivity contribution in [3.8, 4) is 0 Å². The van der Waals surface area contributed by atoms with Gasteiger partial charge in [-0.3, -0.25) is 0 Å². The summed E-state index contributed by atoms with van der Waals surface area (Å²) in [5, 5.41) is 0. The van der Waals surface area contributed by atoms with Crippen molar-refractivity contribution in [3.05, 3.63) is 0 Å². The van der Waals surface area contributed by atoms with E-state index in [9.17, 15) is 0 Å². The Morgan fingerprint density at radius 3 is 0.733 bits per heavy atom. The zero-order chi connectivity index (χ0) is 22.0. The highest BCUT2D eigenvalue weighted by atomic mass is 14.1. The fourth-order valence-corrected chi connectivity index (χ4v) is 4.96. The second kappa shape index (κ2) is 27.0. The molecule has 0 spiro atoms. The molecule has 182 valence electrons. The van der Waals surface area contributed by atoms with E-state index in [1.807, 2.05) is 0 Å². The summed E-state index contributed by atoms with van der Waals surface area (Å²) in [5.41, 5.74) is 0. The monoisotopic (exact) mass is 422 g/mol. The lowest BCUT2D eigenvalue weighted by Crippen LogP contribution is -2.01. The third kappa shape index (κ3) is 24.3. The van der Waals surface area contributed by atoms with Crippen LogP contribution in [0.25, 0.3) is 0 Å². The molecule has 0 saturated carbocycles. The van der Waals surface area contributed by atoms with E-state index in [4.69, 9.17) is 0 Å². The second-order valence-corrected chi connectivity index (χ2v) is 10.3. The largest absolute Gasteiger partial charge is 0.0654 e. The summed E-state index contributed by atoms with van der Waals surface area (Å²) in [6, 6.07) is 0. The van der Waals surface area contributed by atoms with Crippen LogP contribution in [0.4, 0.5) is 0 Å². The smallest absolute Gasteiger partial charge is 0.0414 e. The molecule has 0 N–H and O–H groups in total. The van der Waals surface area contributed by atoms with Gasteiger partial charge in [-0.15, -0.1) is 0 Å². The summed E-state index contributed by atoms with van der Waals surface area (Å²) < 4.78 is 0. The molecule has 0 heterocycles. The van der Waals surface area contributed by atoms with Crippen LogP contribution in [0.3, 0.4) is 0 Å². The first-order valence-corrected chi connectivity index (χ1v) is 14.8. The van der Waals surface area contributed by atoms with E-state index in [0.717, 1.165) is 5.92 Å². The molecule has 0 nitrogen and oxygen atoms in total. The molecule has 0 amide bonds. The Kier molecular flexibility index (Phi) is 27.0. The Bertz CT molecular complexity index is 282. The maximum absolute atomic E-state index is 2.33. The lowest BCUT2D eigenvalue weighted by atomic mass is 9.89. The van der Waals surface area contributed by atoms with Crippen LogP contribution in [-0.4, -0.2) is 0 Å². The van der Waals surface area contributed by atoms with Crippen molar-refractivity contribution in [1.29, 1.82) is 0 Å². The lowest BCUT2D eigenvalue weighted by Gasteiger charge is -2.17. The minimum atomic E-state index is 1.04. The van der Waals surface area contributed by atoms with Gasteiger partial charge in [-0.2, -0.15) is 0 Å². The molecule has 0 aromatic carbocycles. The minimum absolute atomic E-state index is 1.04. The standard InChI is InChI=1S/C30H62/c1-4-7-10-13-15-16-17-18-19-20-21-23-26-29-30(27-24-12-9-6-3)28-25-22-14-11-8-5-2/h30H,4-29H2,1-3H3. The molecule has 0 saturated heterocycles. The lowest BCUT2D eigenvalue weighted by molar-refractivity contribution is 0.366. The predicted octanol–water partition coefficient (Wildman–Crippen LogP) is 11.8. The first-order valence-electron chi connectivity index (χ1n) is 14.8. The summed E-state index contributed by atoms with van der Waals surface area (Å²) in [6.07, 6.45) is 38.3. The molecular formula is C30H62. The van der Waals surface area contributed by atoms with Crippen LogP contribution in [0.2, 0.25) is 0 Å².